The Labute approximate surface area is 123 Å². The van der Waals surface area contributed by atoms with Gasteiger partial charge in [-0.3, -0.25) is 0 Å². The third-order valence-corrected chi connectivity index (χ3v) is 5.41. The first-order valence-corrected chi connectivity index (χ1v) is 7.87. The first-order chi connectivity index (χ1) is 10.0. The van der Waals surface area contributed by atoms with E-state index in [0.717, 1.165) is 0 Å². The first-order valence-electron chi connectivity index (χ1n) is 6.40. The molecule has 3 fully saturated rings. The van der Waals surface area contributed by atoms with Crippen LogP contribution in [0.25, 0.3) is 0 Å². The molecule has 11 heteroatoms. The average Bonchev–Trinajstić information content (AvgIpc) is 2.93. The zero-order valence-electron chi connectivity index (χ0n) is 11.3. The monoisotopic (exact) mass is 342 g/mol. The van der Waals surface area contributed by atoms with Crippen molar-refractivity contribution < 1.29 is 45.2 Å². The van der Waals surface area contributed by atoms with Gasteiger partial charge in [-0.25, -0.2) is 13.8 Å². The predicted molar refractivity (Wildman–Crippen MR) is 62.1 cm³/mol. The Bertz CT molecular complexity index is 626. The highest BCUT2D eigenvalue weighted by atomic mass is 32.2. The lowest BCUT2D eigenvalue weighted by atomic mass is 9.94. The number of halogens is 2. The summed E-state index contributed by atoms with van der Waals surface area (Å²) >= 11 is 0. The molecule has 0 amide bonds. The van der Waals surface area contributed by atoms with Crippen molar-refractivity contribution >= 4 is 22.1 Å². The van der Waals surface area contributed by atoms with E-state index in [1.807, 2.05) is 0 Å². The first kappa shape index (κ1) is 15.6. The Balaban J connectivity index is 1.64. The summed E-state index contributed by atoms with van der Waals surface area (Å²) in [5, 5.41) is -0.915. The molecule has 3 rings (SSSR count). The van der Waals surface area contributed by atoms with E-state index in [4.69, 9.17) is 13.7 Å². The molecular formula is C11H12F2O8S. The second kappa shape index (κ2) is 4.59. The van der Waals surface area contributed by atoms with Gasteiger partial charge in [-0.15, -0.1) is 0 Å². The summed E-state index contributed by atoms with van der Waals surface area (Å²) in [6, 6.07) is 0. The zero-order valence-corrected chi connectivity index (χ0v) is 12.1. The normalized spacial score (nSPS) is 38.0. The molecule has 4 unspecified atom stereocenters. The molecule has 8 nitrogen and oxygen atoms in total. The molecule has 0 spiro atoms. The average molecular weight is 342 g/mol. The van der Waals surface area contributed by atoms with E-state index in [-0.39, 0.29) is 12.8 Å². The number of hydrogen-bond acceptors (Lipinski definition) is 8. The Morgan fingerprint density at radius 3 is 2.68 bits per heavy atom. The lowest BCUT2D eigenvalue weighted by Gasteiger charge is -2.26. The van der Waals surface area contributed by atoms with E-state index in [0.29, 0.717) is 6.92 Å². The summed E-state index contributed by atoms with van der Waals surface area (Å²) in [5.74, 6) is -8.61. The van der Waals surface area contributed by atoms with Crippen molar-refractivity contribution in [1.29, 1.82) is 0 Å². The third kappa shape index (κ3) is 2.36. The van der Waals surface area contributed by atoms with Crippen molar-refractivity contribution in [3.8, 4) is 0 Å². The molecule has 0 saturated carbocycles. The number of rotatable bonds is 4. The molecule has 0 aromatic carbocycles. The van der Waals surface area contributed by atoms with Crippen LogP contribution in [-0.4, -0.2) is 56.1 Å². The minimum Gasteiger partial charge on any atom is -0.449 e. The van der Waals surface area contributed by atoms with Gasteiger partial charge in [-0.05, 0) is 6.42 Å². The summed E-state index contributed by atoms with van der Waals surface area (Å²) < 4.78 is 68.0. The van der Waals surface area contributed by atoms with Gasteiger partial charge in [-0.2, -0.15) is 17.2 Å². The molecular weight excluding hydrogens is 330 g/mol. The zero-order chi connectivity index (χ0) is 16.3. The molecule has 3 saturated heterocycles. The topological polar surface area (TPSA) is 105 Å². The van der Waals surface area contributed by atoms with Crippen molar-refractivity contribution in [3.05, 3.63) is 0 Å². The Morgan fingerprint density at radius 1 is 1.41 bits per heavy atom. The second-order valence-electron chi connectivity index (χ2n) is 5.48. The number of hydrogen-bond donors (Lipinski definition) is 0. The number of ether oxygens (including phenoxy) is 3. The summed E-state index contributed by atoms with van der Waals surface area (Å²) in [4.78, 5) is 22.5. The maximum absolute atomic E-state index is 12.6. The van der Waals surface area contributed by atoms with Crippen molar-refractivity contribution in [2.45, 2.75) is 48.9 Å². The Morgan fingerprint density at radius 2 is 2.09 bits per heavy atom. The Kier molecular flexibility index (Phi) is 3.24. The van der Waals surface area contributed by atoms with Crippen molar-refractivity contribution in [2.75, 3.05) is 6.61 Å². The van der Waals surface area contributed by atoms with Crippen molar-refractivity contribution in [3.63, 3.8) is 0 Å². The fourth-order valence-electron chi connectivity index (χ4n) is 2.88. The molecule has 2 bridgehead atoms. The van der Waals surface area contributed by atoms with E-state index in [1.54, 1.807) is 0 Å². The maximum atomic E-state index is 12.6. The number of alkyl halides is 2. The molecule has 0 aromatic heterocycles. The molecule has 0 N–H and O–H groups in total. The standard InChI is InChI=1S/C11H12F2O8S/c1-10(12,13)9(15)18-4-7(14)20-11-3-5-2-6(8(11)19-5)22(16,17)21-11/h5-6,8H,2-4H2,1H3. The predicted octanol–water partition coefficient (Wildman–Crippen LogP) is -0.286. The highest BCUT2D eigenvalue weighted by Gasteiger charge is 2.72. The van der Waals surface area contributed by atoms with Crippen LogP contribution >= 0.6 is 0 Å². The minimum absolute atomic E-state index is 0.0248. The van der Waals surface area contributed by atoms with Gasteiger partial charge >= 0.3 is 17.9 Å². The van der Waals surface area contributed by atoms with E-state index in [1.165, 1.54) is 0 Å². The summed E-state index contributed by atoms with van der Waals surface area (Å²) in [7, 11) is -3.92. The van der Waals surface area contributed by atoms with Gasteiger partial charge in [-0.1, -0.05) is 0 Å². The smallest absolute Gasteiger partial charge is 0.377 e. The molecule has 0 radical (unpaired) electrons. The van der Waals surface area contributed by atoms with Gasteiger partial charge in [0.1, 0.15) is 11.4 Å². The van der Waals surface area contributed by atoms with Crippen LogP contribution in [0.5, 0.6) is 0 Å². The van der Waals surface area contributed by atoms with Crippen LogP contribution in [0.1, 0.15) is 19.8 Å². The number of fused-ring (bicyclic) bond motifs is 1. The quantitative estimate of drug-likeness (QED) is 0.507. The van der Waals surface area contributed by atoms with E-state index < -0.39 is 57.8 Å². The van der Waals surface area contributed by atoms with Gasteiger partial charge in [0, 0.05) is 13.3 Å². The molecule has 0 aliphatic carbocycles. The SMILES string of the molecule is CC(F)(F)C(=O)OCC(=O)OC12CC3CC(C1O3)S(=O)(=O)O2. The van der Waals surface area contributed by atoms with Gasteiger partial charge < -0.3 is 14.2 Å². The largest absolute Gasteiger partial charge is 0.449 e. The van der Waals surface area contributed by atoms with Gasteiger partial charge in [0.25, 0.3) is 15.9 Å². The highest BCUT2D eigenvalue weighted by molar-refractivity contribution is 7.87. The molecule has 124 valence electrons. The number of carbonyl (C=O) groups excluding carboxylic acids is 2. The van der Waals surface area contributed by atoms with Crippen LogP contribution in [0.4, 0.5) is 8.78 Å². The number of carbonyl (C=O) groups is 2. The molecule has 3 aliphatic rings. The highest BCUT2D eigenvalue weighted by Crippen LogP contribution is 2.53. The van der Waals surface area contributed by atoms with E-state index in [2.05, 4.69) is 4.74 Å². The minimum atomic E-state index is -3.92. The Hall–Kier alpha value is -1.33. The van der Waals surface area contributed by atoms with Gasteiger partial charge in [0.15, 0.2) is 6.61 Å². The fourth-order valence-corrected chi connectivity index (χ4v) is 4.62. The van der Waals surface area contributed by atoms with Gasteiger partial charge in [0.05, 0.1) is 6.10 Å². The molecule has 3 aliphatic heterocycles. The molecule has 3 heterocycles. The van der Waals surface area contributed by atoms with Crippen LogP contribution in [0.2, 0.25) is 0 Å². The van der Waals surface area contributed by atoms with Crippen LogP contribution < -0.4 is 0 Å². The maximum Gasteiger partial charge on any atom is 0.377 e. The summed E-state index contributed by atoms with van der Waals surface area (Å²) in [6.45, 7) is -0.754. The van der Waals surface area contributed by atoms with Gasteiger partial charge in [0.2, 0.25) is 0 Å². The van der Waals surface area contributed by atoms with Crippen molar-refractivity contribution in [2.24, 2.45) is 0 Å². The molecule has 0 aromatic rings. The summed E-state index contributed by atoms with van der Waals surface area (Å²) in [5.41, 5.74) is 0. The van der Waals surface area contributed by atoms with Crippen LogP contribution in [0.15, 0.2) is 0 Å². The van der Waals surface area contributed by atoms with Crippen LogP contribution in [-0.2, 0) is 38.1 Å². The van der Waals surface area contributed by atoms with Crippen LogP contribution in [0, 0.1) is 0 Å². The van der Waals surface area contributed by atoms with E-state index in [9.17, 15) is 26.8 Å². The lowest BCUT2D eigenvalue weighted by molar-refractivity contribution is -0.209. The third-order valence-electron chi connectivity index (χ3n) is 3.71. The second-order valence-corrected chi connectivity index (χ2v) is 7.24. The lowest BCUT2D eigenvalue weighted by Crippen LogP contribution is -2.45. The molecule has 4 atom stereocenters. The summed E-state index contributed by atoms with van der Waals surface area (Å²) in [6.07, 6.45) is -1.09. The number of esters is 2. The fraction of sp³-hybridized carbons (Fsp3) is 0.818. The van der Waals surface area contributed by atoms with Crippen LogP contribution in [0.3, 0.4) is 0 Å². The van der Waals surface area contributed by atoms with Crippen molar-refractivity contribution in [1.82, 2.24) is 0 Å². The molecule has 22 heavy (non-hydrogen) atoms. The van der Waals surface area contributed by atoms with E-state index >= 15 is 0 Å².